The van der Waals surface area contributed by atoms with Crippen LogP contribution in [0.1, 0.15) is 27.2 Å². The molecule has 0 spiro atoms. The number of hydrogen-bond acceptors (Lipinski definition) is 4. The lowest BCUT2D eigenvalue weighted by Gasteiger charge is -2.16. The van der Waals surface area contributed by atoms with E-state index in [-0.39, 0.29) is 12.5 Å². The Hall–Kier alpha value is -1.59. The van der Waals surface area contributed by atoms with Crippen LogP contribution in [0.5, 0.6) is 5.75 Å². The van der Waals surface area contributed by atoms with Gasteiger partial charge in [-0.2, -0.15) is 0 Å². The van der Waals surface area contributed by atoms with Crippen molar-refractivity contribution in [2.45, 2.75) is 39.3 Å². The van der Waals surface area contributed by atoms with Gasteiger partial charge < -0.3 is 20.5 Å². The van der Waals surface area contributed by atoms with E-state index in [2.05, 4.69) is 24.5 Å². The molecule has 112 valence electrons. The molecular weight excluding hydrogens is 256 g/mol. The lowest BCUT2D eigenvalue weighted by molar-refractivity contribution is -0.114. The van der Waals surface area contributed by atoms with E-state index in [0.29, 0.717) is 18.3 Å². The van der Waals surface area contributed by atoms with Gasteiger partial charge in [0.05, 0.1) is 0 Å². The van der Waals surface area contributed by atoms with Crippen molar-refractivity contribution in [2.75, 3.05) is 18.5 Å². The average molecular weight is 280 g/mol. The molecule has 0 fully saturated rings. The third-order valence-electron chi connectivity index (χ3n) is 2.93. The first-order chi connectivity index (χ1) is 9.51. The number of nitrogens with one attached hydrogen (secondary N) is 2. The summed E-state index contributed by atoms with van der Waals surface area (Å²) in [6.45, 7) is 6.39. The van der Waals surface area contributed by atoms with Gasteiger partial charge in [-0.3, -0.25) is 4.79 Å². The van der Waals surface area contributed by atoms with Crippen LogP contribution in [-0.2, 0) is 4.79 Å². The summed E-state index contributed by atoms with van der Waals surface area (Å²) in [5, 5.41) is 15.7. The number of aliphatic hydroxyl groups is 1. The third kappa shape index (κ3) is 6.54. The normalized spacial score (nSPS) is 13.6. The van der Waals surface area contributed by atoms with Crippen LogP contribution in [0, 0.1) is 0 Å². The summed E-state index contributed by atoms with van der Waals surface area (Å²) < 4.78 is 5.49. The molecular formula is C15H24N2O3. The van der Waals surface area contributed by atoms with Crippen molar-refractivity contribution in [1.29, 1.82) is 0 Å². The fourth-order valence-electron chi connectivity index (χ4n) is 1.57. The molecule has 1 aromatic rings. The molecule has 1 aromatic carbocycles. The van der Waals surface area contributed by atoms with Gasteiger partial charge in [0.2, 0.25) is 5.91 Å². The van der Waals surface area contributed by atoms with Crippen LogP contribution in [0.15, 0.2) is 24.3 Å². The molecule has 2 atom stereocenters. The van der Waals surface area contributed by atoms with Crippen molar-refractivity contribution in [1.82, 2.24) is 5.32 Å². The standard InChI is InChI=1S/C15H24N2O3/c1-4-11(2)16-9-14(19)10-20-15-7-5-13(6-8-15)17-12(3)18/h5-8,11,14,16,19H,4,9-10H2,1-3H3,(H,17,18). The monoisotopic (exact) mass is 280 g/mol. The summed E-state index contributed by atoms with van der Waals surface area (Å²) in [7, 11) is 0. The highest BCUT2D eigenvalue weighted by Gasteiger charge is 2.07. The van der Waals surface area contributed by atoms with Crippen molar-refractivity contribution in [3.63, 3.8) is 0 Å². The molecule has 1 amide bonds. The maximum atomic E-state index is 10.9. The Morgan fingerprint density at radius 2 is 2.00 bits per heavy atom. The fraction of sp³-hybridized carbons (Fsp3) is 0.533. The number of anilines is 1. The van der Waals surface area contributed by atoms with Crippen LogP contribution >= 0.6 is 0 Å². The number of ether oxygens (including phenoxy) is 1. The second-order valence-corrected chi connectivity index (χ2v) is 4.89. The summed E-state index contributed by atoms with van der Waals surface area (Å²) in [5.41, 5.74) is 0.726. The highest BCUT2D eigenvalue weighted by molar-refractivity contribution is 5.88. The predicted octanol–water partition coefficient (Wildman–Crippen LogP) is 1.77. The Morgan fingerprint density at radius 3 is 2.55 bits per heavy atom. The predicted molar refractivity (Wildman–Crippen MR) is 80.0 cm³/mol. The quantitative estimate of drug-likeness (QED) is 0.679. The number of benzene rings is 1. The van der Waals surface area contributed by atoms with Gasteiger partial charge in [-0.05, 0) is 37.6 Å². The van der Waals surface area contributed by atoms with Crippen LogP contribution in [0.3, 0.4) is 0 Å². The van der Waals surface area contributed by atoms with Gasteiger partial charge in [0.25, 0.3) is 0 Å². The molecule has 0 saturated heterocycles. The smallest absolute Gasteiger partial charge is 0.221 e. The van der Waals surface area contributed by atoms with Gasteiger partial charge >= 0.3 is 0 Å². The van der Waals surface area contributed by atoms with Crippen molar-refractivity contribution in [3.05, 3.63) is 24.3 Å². The molecule has 0 aliphatic carbocycles. The number of aliphatic hydroxyl groups excluding tert-OH is 1. The Kier molecular flexibility index (Phi) is 7.04. The highest BCUT2D eigenvalue weighted by Crippen LogP contribution is 2.15. The molecule has 2 unspecified atom stereocenters. The minimum absolute atomic E-state index is 0.106. The summed E-state index contributed by atoms with van der Waals surface area (Å²) in [6, 6.07) is 7.45. The van der Waals surface area contributed by atoms with E-state index in [4.69, 9.17) is 4.74 Å². The summed E-state index contributed by atoms with van der Waals surface area (Å²) in [6.07, 6.45) is 0.483. The maximum Gasteiger partial charge on any atom is 0.221 e. The van der Waals surface area contributed by atoms with E-state index in [1.54, 1.807) is 24.3 Å². The lowest BCUT2D eigenvalue weighted by atomic mass is 10.2. The van der Waals surface area contributed by atoms with Crippen molar-refractivity contribution in [2.24, 2.45) is 0 Å². The fourth-order valence-corrected chi connectivity index (χ4v) is 1.57. The van der Waals surface area contributed by atoms with Gasteiger partial charge in [0.1, 0.15) is 18.5 Å². The summed E-state index contributed by atoms with van der Waals surface area (Å²) in [4.78, 5) is 10.9. The second kappa shape index (κ2) is 8.55. The minimum atomic E-state index is -0.543. The van der Waals surface area contributed by atoms with Crippen molar-refractivity contribution >= 4 is 11.6 Å². The molecule has 0 aliphatic rings. The van der Waals surface area contributed by atoms with Gasteiger partial charge in [-0.15, -0.1) is 0 Å². The number of hydrogen-bond donors (Lipinski definition) is 3. The van der Waals surface area contributed by atoms with Gasteiger partial charge in [-0.25, -0.2) is 0 Å². The van der Waals surface area contributed by atoms with Crippen LogP contribution in [0.2, 0.25) is 0 Å². The zero-order valence-corrected chi connectivity index (χ0v) is 12.3. The molecule has 20 heavy (non-hydrogen) atoms. The van der Waals surface area contributed by atoms with Crippen LogP contribution in [0.25, 0.3) is 0 Å². The Balaban J connectivity index is 2.32. The number of carbonyl (C=O) groups is 1. The van der Waals surface area contributed by atoms with Gasteiger partial charge in [0.15, 0.2) is 0 Å². The topological polar surface area (TPSA) is 70.6 Å². The summed E-state index contributed by atoms with van der Waals surface area (Å²) in [5.74, 6) is 0.562. The zero-order valence-electron chi connectivity index (χ0n) is 12.3. The Bertz CT molecular complexity index is 406. The van der Waals surface area contributed by atoms with Gasteiger partial charge in [-0.1, -0.05) is 6.92 Å². The SMILES string of the molecule is CCC(C)NCC(O)COc1ccc(NC(C)=O)cc1. The Morgan fingerprint density at radius 1 is 1.35 bits per heavy atom. The molecule has 0 radical (unpaired) electrons. The first-order valence-electron chi connectivity index (χ1n) is 6.93. The average Bonchev–Trinajstić information content (AvgIpc) is 2.43. The van der Waals surface area contributed by atoms with E-state index < -0.39 is 6.10 Å². The van der Waals surface area contributed by atoms with E-state index in [1.165, 1.54) is 6.92 Å². The minimum Gasteiger partial charge on any atom is -0.491 e. The van der Waals surface area contributed by atoms with Crippen LogP contribution in [0.4, 0.5) is 5.69 Å². The molecule has 0 saturated carbocycles. The van der Waals surface area contributed by atoms with E-state index in [1.807, 2.05) is 0 Å². The van der Waals surface area contributed by atoms with E-state index in [9.17, 15) is 9.90 Å². The zero-order chi connectivity index (χ0) is 15.0. The van der Waals surface area contributed by atoms with Crippen LogP contribution in [-0.4, -0.2) is 36.3 Å². The van der Waals surface area contributed by atoms with Crippen molar-refractivity contribution < 1.29 is 14.6 Å². The molecule has 0 bridgehead atoms. The second-order valence-electron chi connectivity index (χ2n) is 4.89. The van der Waals surface area contributed by atoms with E-state index in [0.717, 1.165) is 12.1 Å². The molecule has 0 heterocycles. The van der Waals surface area contributed by atoms with Crippen LogP contribution < -0.4 is 15.4 Å². The Labute approximate surface area is 120 Å². The number of amides is 1. The molecule has 1 rings (SSSR count). The molecule has 0 aromatic heterocycles. The molecule has 0 aliphatic heterocycles. The first-order valence-corrected chi connectivity index (χ1v) is 6.93. The molecule has 5 nitrogen and oxygen atoms in total. The first kappa shape index (κ1) is 16.5. The largest absolute Gasteiger partial charge is 0.491 e. The molecule has 3 N–H and O–H groups in total. The highest BCUT2D eigenvalue weighted by atomic mass is 16.5. The number of rotatable bonds is 8. The van der Waals surface area contributed by atoms with Crippen molar-refractivity contribution in [3.8, 4) is 5.75 Å². The maximum absolute atomic E-state index is 10.9. The molecule has 5 heteroatoms. The van der Waals surface area contributed by atoms with E-state index >= 15 is 0 Å². The summed E-state index contributed by atoms with van der Waals surface area (Å²) >= 11 is 0. The van der Waals surface area contributed by atoms with Gasteiger partial charge in [0, 0.05) is 25.2 Å². The lowest BCUT2D eigenvalue weighted by Crippen LogP contribution is -2.36. The third-order valence-corrected chi connectivity index (χ3v) is 2.93. The number of carbonyl (C=O) groups excluding carboxylic acids is 1.